The fraction of sp³-hybridized carbons (Fsp3) is 0.688. The molecule has 2 heterocycles. The molecule has 0 saturated carbocycles. The van der Waals surface area contributed by atoms with Crippen LogP contribution >= 0.6 is 0 Å². The second-order valence-electron chi connectivity index (χ2n) is 5.64. The van der Waals surface area contributed by atoms with E-state index in [1.807, 2.05) is 0 Å². The monoisotopic (exact) mass is 369 g/mol. The van der Waals surface area contributed by atoms with E-state index in [-0.39, 0.29) is 44.1 Å². The predicted molar refractivity (Wildman–Crippen MR) is 86.0 cm³/mol. The van der Waals surface area contributed by atoms with Gasteiger partial charge in [-0.25, -0.2) is 9.48 Å². The molecule has 1 aromatic heterocycles. The summed E-state index contributed by atoms with van der Waals surface area (Å²) >= 11 is 0. The third kappa shape index (κ3) is 3.41. The Morgan fingerprint density at radius 2 is 1.65 bits per heavy atom. The Morgan fingerprint density at radius 1 is 1.08 bits per heavy atom. The molecule has 0 fully saturated rings. The van der Waals surface area contributed by atoms with Gasteiger partial charge >= 0.3 is 17.9 Å². The molecule has 1 unspecified atom stereocenters. The first-order valence-electron chi connectivity index (χ1n) is 8.43. The minimum atomic E-state index is -1.65. The molecule has 0 saturated heterocycles. The molecule has 0 aliphatic carbocycles. The Bertz CT molecular complexity index is 667. The molecule has 144 valence electrons. The molecule has 10 nitrogen and oxygen atoms in total. The van der Waals surface area contributed by atoms with E-state index in [2.05, 4.69) is 10.3 Å². The van der Waals surface area contributed by atoms with Crippen molar-refractivity contribution in [1.82, 2.24) is 15.0 Å². The normalized spacial score (nSPS) is 17.9. The van der Waals surface area contributed by atoms with Crippen molar-refractivity contribution in [3.05, 3.63) is 11.4 Å². The van der Waals surface area contributed by atoms with Crippen molar-refractivity contribution in [2.24, 2.45) is 5.41 Å². The number of hydrogen-bond acceptors (Lipinski definition) is 9. The van der Waals surface area contributed by atoms with Crippen LogP contribution in [0, 0.1) is 5.41 Å². The lowest BCUT2D eigenvalue weighted by Crippen LogP contribution is -2.49. The van der Waals surface area contributed by atoms with E-state index >= 15 is 0 Å². The molecule has 1 aromatic rings. The lowest BCUT2D eigenvalue weighted by atomic mass is 9.76. The molecule has 0 spiro atoms. The van der Waals surface area contributed by atoms with E-state index in [0.717, 1.165) is 0 Å². The maximum absolute atomic E-state index is 12.7. The second kappa shape index (κ2) is 8.26. The van der Waals surface area contributed by atoms with Gasteiger partial charge in [0.1, 0.15) is 0 Å². The van der Waals surface area contributed by atoms with Gasteiger partial charge in [-0.15, -0.1) is 5.10 Å². The third-order valence-corrected chi connectivity index (χ3v) is 4.13. The Balaban J connectivity index is 2.54. The van der Waals surface area contributed by atoms with Crippen LogP contribution in [0.2, 0.25) is 0 Å². The van der Waals surface area contributed by atoms with Crippen molar-refractivity contribution in [2.75, 3.05) is 26.9 Å². The van der Waals surface area contributed by atoms with E-state index in [1.165, 1.54) is 11.8 Å². The quantitative estimate of drug-likeness (QED) is 0.388. The molecule has 1 atom stereocenters. The van der Waals surface area contributed by atoms with Gasteiger partial charge in [0.2, 0.25) is 0 Å². The third-order valence-electron chi connectivity index (χ3n) is 4.13. The largest absolute Gasteiger partial charge is 0.465 e. The number of fused-ring (bicyclic) bond motifs is 1. The van der Waals surface area contributed by atoms with Crippen LogP contribution in [0.4, 0.5) is 0 Å². The number of esters is 3. The van der Waals surface area contributed by atoms with Crippen LogP contribution in [0.3, 0.4) is 0 Å². The number of rotatable bonds is 7. The van der Waals surface area contributed by atoms with Gasteiger partial charge in [0.15, 0.2) is 17.3 Å². The van der Waals surface area contributed by atoms with Crippen molar-refractivity contribution in [1.29, 1.82) is 0 Å². The maximum Gasteiger partial charge on any atom is 0.360 e. The van der Waals surface area contributed by atoms with Gasteiger partial charge in [-0.1, -0.05) is 5.21 Å². The number of carbonyl (C=O) groups excluding carboxylic acids is 3. The van der Waals surface area contributed by atoms with Crippen LogP contribution in [0.5, 0.6) is 0 Å². The van der Waals surface area contributed by atoms with Gasteiger partial charge < -0.3 is 18.9 Å². The average molecular weight is 369 g/mol. The fourth-order valence-electron chi connectivity index (χ4n) is 2.93. The van der Waals surface area contributed by atoms with Crippen molar-refractivity contribution >= 4 is 17.9 Å². The number of carbonyl (C=O) groups is 3. The summed E-state index contributed by atoms with van der Waals surface area (Å²) in [5, 5.41) is 7.77. The van der Waals surface area contributed by atoms with E-state index in [0.29, 0.717) is 0 Å². The van der Waals surface area contributed by atoms with Crippen molar-refractivity contribution < 1.29 is 33.3 Å². The minimum absolute atomic E-state index is 0.0419. The van der Waals surface area contributed by atoms with Crippen molar-refractivity contribution in [2.45, 2.75) is 39.8 Å². The Morgan fingerprint density at radius 3 is 2.15 bits per heavy atom. The first-order chi connectivity index (χ1) is 12.4. The average Bonchev–Trinajstić information content (AvgIpc) is 3.05. The number of ether oxygens (including phenoxy) is 4. The fourth-order valence-corrected chi connectivity index (χ4v) is 2.93. The summed E-state index contributed by atoms with van der Waals surface area (Å²) in [5.74, 6) is -2.15. The lowest BCUT2D eigenvalue weighted by molar-refractivity contribution is -0.179. The van der Waals surface area contributed by atoms with Crippen LogP contribution in [-0.2, 0) is 35.0 Å². The number of nitrogens with zero attached hydrogens (tertiary/aromatic N) is 3. The zero-order valence-corrected chi connectivity index (χ0v) is 15.3. The summed E-state index contributed by atoms with van der Waals surface area (Å²) in [6.07, 6.45) is -0.978. The molecular formula is C16H23N3O7. The van der Waals surface area contributed by atoms with Gasteiger partial charge in [-0.2, -0.15) is 0 Å². The van der Waals surface area contributed by atoms with Crippen LogP contribution in [0.25, 0.3) is 0 Å². The van der Waals surface area contributed by atoms with E-state index < -0.39 is 29.6 Å². The lowest BCUT2D eigenvalue weighted by Gasteiger charge is -2.36. The topological polar surface area (TPSA) is 119 Å². The molecule has 10 heteroatoms. The van der Waals surface area contributed by atoms with Crippen molar-refractivity contribution in [3.8, 4) is 0 Å². The van der Waals surface area contributed by atoms with E-state index in [1.54, 1.807) is 20.8 Å². The van der Waals surface area contributed by atoms with Gasteiger partial charge in [0.25, 0.3) is 0 Å². The Kier molecular flexibility index (Phi) is 6.30. The first kappa shape index (κ1) is 19.8. The molecule has 1 aliphatic rings. The van der Waals surface area contributed by atoms with Crippen molar-refractivity contribution in [3.63, 3.8) is 0 Å². The zero-order valence-electron chi connectivity index (χ0n) is 15.3. The van der Waals surface area contributed by atoms with E-state index in [4.69, 9.17) is 18.9 Å². The summed E-state index contributed by atoms with van der Waals surface area (Å²) in [6, 6.07) is 0. The SMILES string of the molecule is CCOC(=O)c1nnn2c1CC(C(=O)OCC)(C(=O)OCC)CC2OC. The highest BCUT2D eigenvalue weighted by atomic mass is 16.6. The molecule has 0 amide bonds. The van der Waals surface area contributed by atoms with Gasteiger partial charge in [0.05, 0.1) is 25.5 Å². The molecule has 0 aromatic carbocycles. The highest BCUT2D eigenvalue weighted by Gasteiger charge is 2.55. The molecule has 0 N–H and O–H groups in total. The summed E-state index contributed by atoms with van der Waals surface area (Å²) in [4.78, 5) is 37.5. The summed E-state index contributed by atoms with van der Waals surface area (Å²) in [5.41, 5.74) is -1.44. The van der Waals surface area contributed by atoms with Crippen LogP contribution < -0.4 is 0 Å². The molecule has 0 bridgehead atoms. The highest BCUT2D eigenvalue weighted by molar-refractivity contribution is 6.01. The Labute approximate surface area is 150 Å². The molecule has 0 radical (unpaired) electrons. The minimum Gasteiger partial charge on any atom is -0.465 e. The van der Waals surface area contributed by atoms with Gasteiger partial charge in [-0.05, 0) is 20.8 Å². The van der Waals surface area contributed by atoms with E-state index in [9.17, 15) is 14.4 Å². The van der Waals surface area contributed by atoms with Crippen LogP contribution in [0.15, 0.2) is 0 Å². The maximum atomic E-state index is 12.7. The number of hydrogen-bond donors (Lipinski definition) is 0. The number of aromatic nitrogens is 3. The summed E-state index contributed by atoms with van der Waals surface area (Å²) in [7, 11) is 1.41. The predicted octanol–water partition coefficient (Wildman–Crippen LogP) is 0.659. The molecular weight excluding hydrogens is 346 g/mol. The first-order valence-corrected chi connectivity index (χ1v) is 8.43. The Hall–Kier alpha value is -2.49. The molecule has 2 rings (SSSR count). The summed E-state index contributed by atoms with van der Waals surface area (Å²) in [6.45, 7) is 5.29. The zero-order chi connectivity index (χ0) is 19.3. The number of methoxy groups -OCH3 is 1. The van der Waals surface area contributed by atoms with Crippen LogP contribution in [0.1, 0.15) is 49.6 Å². The smallest absolute Gasteiger partial charge is 0.360 e. The highest BCUT2D eigenvalue weighted by Crippen LogP contribution is 2.41. The van der Waals surface area contributed by atoms with Crippen LogP contribution in [-0.4, -0.2) is 59.8 Å². The molecule has 1 aliphatic heterocycles. The summed E-state index contributed by atoms with van der Waals surface area (Å²) < 4.78 is 22.0. The standard InChI is InChI=1S/C16H23N3O7/c1-5-24-13(20)12-10-8-16(14(21)25-6-2,15(22)26-7-3)9-11(23-4)19(10)18-17-12/h11H,5-9H2,1-4H3. The van der Waals surface area contributed by atoms with Gasteiger partial charge in [0, 0.05) is 20.0 Å². The van der Waals surface area contributed by atoms with Gasteiger partial charge in [-0.3, -0.25) is 9.59 Å². The second-order valence-corrected chi connectivity index (χ2v) is 5.64. The molecule has 26 heavy (non-hydrogen) atoms.